The van der Waals surface area contributed by atoms with Gasteiger partial charge in [-0.3, -0.25) is 14.9 Å². The predicted octanol–water partition coefficient (Wildman–Crippen LogP) is 4.86. The normalized spacial score (nSPS) is 17.4. The molecule has 1 aliphatic rings. The van der Waals surface area contributed by atoms with Crippen molar-refractivity contribution in [1.82, 2.24) is 14.8 Å². The van der Waals surface area contributed by atoms with E-state index in [4.69, 9.17) is 11.6 Å². The van der Waals surface area contributed by atoms with E-state index in [2.05, 4.69) is 32.2 Å². The molecular formula is C21H20ClN5O3S. The maximum absolute atomic E-state index is 12.3. The lowest BCUT2D eigenvalue weighted by Crippen LogP contribution is -2.14. The van der Waals surface area contributed by atoms with Gasteiger partial charge in [0.15, 0.2) is 5.16 Å². The van der Waals surface area contributed by atoms with E-state index in [0.717, 1.165) is 23.8 Å². The highest BCUT2D eigenvalue weighted by molar-refractivity contribution is 7.99. The zero-order valence-corrected chi connectivity index (χ0v) is 18.3. The number of carbonyl (C=O) groups is 1. The van der Waals surface area contributed by atoms with Gasteiger partial charge in [0.2, 0.25) is 5.91 Å². The minimum absolute atomic E-state index is 0.0204. The molecule has 31 heavy (non-hydrogen) atoms. The van der Waals surface area contributed by atoms with Crippen molar-refractivity contribution >= 4 is 40.6 Å². The molecule has 160 valence electrons. The van der Waals surface area contributed by atoms with Gasteiger partial charge in [-0.15, -0.1) is 10.2 Å². The first kappa shape index (κ1) is 21.3. The SMILES string of the molecule is CCn1c(SCC(=O)Nc2ccc([N+](=O)[O-])cc2)nnc1[C@@H]1C[C@@H]1c1ccc(Cl)cc1. The Kier molecular flexibility index (Phi) is 6.24. The summed E-state index contributed by atoms with van der Waals surface area (Å²) in [5.41, 5.74) is 1.74. The van der Waals surface area contributed by atoms with Crippen molar-refractivity contribution in [3.8, 4) is 0 Å². The van der Waals surface area contributed by atoms with Crippen molar-refractivity contribution in [2.45, 2.75) is 36.9 Å². The second-order valence-electron chi connectivity index (χ2n) is 7.23. The molecule has 1 amide bonds. The van der Waals surface area contributed by atoms with Crippen molar-refractivity contribution in [1.29, 1.82) is 0 Å². The van der Waals surface area contributed by atoms with Crippen LogP contribution in [0.2, 0.25) is 5.02 Å². The Labute approximate surface area is 188 Å². The number of hydrogen-bond donors (Lipinski definition) is 1. The molecule has 0 radical (unpaired) electrons. The molecule has 1 aromatic heterocycles. The van der Waals surface area contributed by atoms with E-state index in [-0.39, 0.29) is 17.3 Å². The molecule has 1 N–H and O–H groups in total. The van der Waals surface area contributed by atoms with Gasteiger partial charge in [-0.2, -0.15) is 0 Å². The van der Waals surface area contributed by atoms with Crippen LogP contribution in [0.15, 0.2) is 53.7 Å². The summed E-state index contributed by atoms with van der Waals surface area (Å²) in [5.74, 6) is 1.63. The van der Waals surface area contributed by atoms with Gasteiger partial charge < -0.3 is 9.88 Å². The minimum Gasteiger partial charge on any atom is -0.325 e. The number of halogens is 1. The highest BCUT2D eigenvalue weighted by Gasteiger charge is 2.43. The summed E-state index contributed by atoms with van der Waals surface area (Å²) in [6, 6.07) is 13.7. The molecule has 1 fully saturated rings. The van der Waals surface area contributed by atoms with Crippen molar-refractivity contribution in [3.05, 3.63) is 75.1 Å². The molecule has 8 nitrogen and oxygen atoms in total. The number of nitro groups is 1. The third-order valence-electron chi connectivity index (χ3n) is 5.18. The summed E-state index contributed by atoms with van der Waals surface area (Å²) < 4.78 is 2.06. The number of nitrogens with one attached hydrogen (secondary N) is 1. The number of hydrogen-bond acceptors (Lipinski definition) is 6. The van der Waals surface area contributed by atoms with Gasteiger partial charge in [0.25, 0.3) is 5.69 Å². The van der Waals surface area contributed by atoms with Gasteiger partial charge >= 0.3 is 0 Å². The molecular weight excluding hydrogens is 438 g/mol. The molecule has 0 spiro atoms. The predicted molar refractivity (Wildman–Crippen MR) is 120 cm³/mol. The average molecular weight is 458 g/mol. The number of rotatable bonds is 8. The van der Waals surface area contributed by atoms with Crippen LogP contribution in [0.1, 0.15) is 36.6 Å². The Morgan fingerprint density at radius 1 is 1.19 bits per heavy atom. The fourth-order valence-corrected chi connectivity index (χ4v) is 4.47. The first-order valence-corrected chi connectivity index (χ1v) is 11.2. The van der Waals surface area contributed by atoms with Crippen LogP contribution in [0, 0.1) is 10.1 Å². The van der Waals surface area contributed by atoms with E-state index < -0.39 is 4.92 Å². The fraction of sp³-hybridized carbons (Fsp3) is 0.286. The van der Waals surface area contributed by atoms with Crippen LogP contribution in [0.25, 0.3) is 0 Å². The summed E-state index contributed by atoms with van der Waals surface area (Å²) >= 11 is 7.31. The van der Waals surface area contributed by atoms with Crippen LogP contribution in [-0.2, 0) is 11.3 Å². The number of carbonyl (C=O) groups excluding carboxylic acids is 1. The summed E-state index contributed by atoms with van der Waals surface area (Å²) in [7, 11) is 0. The molecule has 0 bridgehead atoms. The van der Waals surface area contributed by atoms with Crippen molar-refractivity contribution < 1.29 is 9.72 Å². The number of anilines is 1. The number of benzene rings is 2. The van der Waals surface area contributed by atoms with Gasteiger partial charge in [-0.1, -0.05) is 35.5 Å². The smallest absolute Gasteiger partial charge is 0.269 e. The van der Waals surface area contributed by atoms with Crippen molar-refractivity contribution in [2.24, 2.45) is 0 Å². The molecule has 2 atom stereocenters. The van der Waals surface area contributed by atoms with Gasteiger partial charge in [0.1, 0.15) is 5.82 Å². The van der Waals surface area contributed by atoms with Crippen LogP contribution in [0.4, 0.5) is 11.4 Å². The highest BCUT2D eigenvalue weighted by Crippen LogP contribution is 2.54. The number of aromatic nitrogens is 3. The van der Waals surface area contributed by atoms with Crippen LogP contribution in [0.5, 0.6) is 0 Å². The molecule has 0 aliphatic heterocycles. The fourth-order valence-electron chi connectivity index (χ4n) is 3.53. The number of amides is 1. The molecule has 2 aromatic carbocycles. The summed E-state index contributed by atoms with van der Waals surface area (Å²) in [4.78, 5) is 22.5. The van der Waals surface area contributed by atoms with E-state index in [9.17, 15) is 14.9 Å². The van der Waals surface area contributed by atoms with Crippen molar-refractivity contribution in [3.63, 3.8) is 0 Å². The molecule has 0 saturated heterocycles. The maximum Gasteiger partial charge on any atom is 0.269 e. The topological polar surface area (TPSA) is 103 Å². The first-order valence-electron chi connectivity index (χ1n) is 9.82. The third-order valence-corrected chi connectivity index (χ3v) is 6.39. The molecule has 1 saturated carbocycles. The lowest BCUT2D eigenvalue weighted by molar-refractivity contribution is -0.384. The molecule has 10 heteroatoms. The van der Waals surface area contributed by atoms with Gasteiger partial charge in [-0.05, 0) is 49.1 Å². The van der Waals surface area contributed by atoms with E-state index in [1.54, 1.807) is 0 Å². The minimum atomic E-state index is -0.478. The van der Waals surface area contributed by atoms with Crippen molar-refractivity contribution in [2.75, 3.05) is 11.1 Å². The van der Waals surface area contributed by atoms with Gasteiger partial charge in [-0.25, -0.2) is 0 Å². The Balaban J connectivity index is 1.36. The van der Waals surface area contributed by atoms with E-state index in [1.165, 1.54) is 41.6 Å². The number of nitro benzene ring substituents is 1. The first-order chi connectivity index (χ1) is 15.0. The third kappa shape index (κ3) is 4.88. The monoisotopic (exact) mass is 457 g/mol. The van der Waals surface area contributed by atoms with E-state index in [1.807, 2.05) is 19.1 Å². The van der Waals surface area contributed by atoms with Crippen LogP contribution in [0.3, 0.4) is 0 Å². The second-order valence-corrected chi connectivity index (χ2v) is 8.61. The zero-order valence-electron chi connectivity index (χ0n) is 16.7. The standard InChI is InChI=1S/C21H20ClN5O3S/c1-2-26-20(18-11-17(18)13-3-5-14(22)6-4-13)24-25-21(26)31-12-19(28)23-15-7-9-16(10-8-15)27(29)30/h3-10,17-18H,2,11-12H2,1H3,(H,23,28)/t17-,18-/m1/s1. The summed E-state index contributed by atoms with van der Waals surface area (Å²) in [5, 5.41) is 23.6. The summed E-state index contributed by atoms with van der Waals surface area (Å²) in [6.07, 6.45) is 1.02. The summed E-state index contributed by atoms with van der Waals surface area (Å²) in [6.45, 7) is 2.76. The zero-order chi connectivity index (χ0) is 22.0. The van der Waals surface area contributed by atoms with E-state index >= 15 is 0 Å². The lowest BCUT2D eigenvalue weighted by Gasteiger charge is -2.08. The van der Waals surface area contributed by atoms with Gasteiger partial charge in [0.05, 0.1) is 10.7 Å². The quantitative estimate of drug-likeness (QED) is 0.294. The number of thioether (sulfide) groups is 1. The van der Waals surface area contributed by atoms with Gasteiger partial charge in [0, 0.05) is 35.3 Å². The molecule has 3 aromatic rings. The molecule has 1 heterocycles. The Hall–Kier alpha value is -2.91. The van der Waals surface area contributed by atoms with Crippen LogP contribution in [-0.4, -0.2) is 31.3 Å². The Morgan fingerprint density at radius 3 is 2.55 bits per heavy atom. The molecule has 1 aliphatic carbocycles. The number of non-ortho nitro benzene ring substituents is 1. The van der Waals surface area contributed by atoms with E-state index in [0.29, 0.717) is 22.7 Å². The number of nitrogens with zero attached hydrogens (tertiary/aromatic N) is 4. The maximum atomic E-state index is 12.3. The van der Waals surface area contributed by atoms with Crippen LogP contribution >= 0.6 is 23.4 Å². The lowest BCUT2D eigenvalue weighted by atomic mass is 10.1. The average Bonchev–Trinajstić information content (AvgIpc) is 3.44. The molecule has 4 rings (SSSR count). The Bertz CT molecular complexity index is 1100. The highest BCUT2D eigenvalue weighted by atomic mass is 35.5. The van der Waals surface area contributed by atoms with Crippen LogP contribution < -0.4 is 5.32 Å². The Morgan fingerprint density at radius 2 is 1.90 bits per heavy atom. The largest absolute Gasteiger partial charge is 0.325 e. The molecule has 0 unspecified atom stereocenters. The second kappa shape index (κ2) is 9.07.